The summed E-state index contributed by atoms with van der Waals surface area (Å²) in [6, 6.07) is 13.3. The zero-order chi connectivity index (χ0) is 21.6. The molecule has 1 heterocycles. The van der Waals surface area contributed by atoms with Crippen molar-refractivity contribution < 1.29 is 18.7 Å². The Labute approximate surface area is 169 Å². The van der Waals surface area contributed by atoms with E-state index in [4.69, 9.17) is 5.26 Å². The first-order chi connectivity index (χ1) is 13.5. The molecule has 29 heavy (non-hydrogen) atoms. The van der Waals surface area contributed by atoms with Crippen LogP contribution >= 0.6 is 7.68 Å². The number of anilines is 2. The van der Waals surface area contributed by atoms with Crippen molar-refractivity contribution in [3.63, 3.8) is 0 Å². The maximum atomic E-state index is 13.0. The first kappa shape index (κ1) is 20.5. The molecule has 2 aromatic rings. The van der Waals surface area contributed by atoms with Crippen molar-refractivity contribution in [1.29, 1.82) is 5.26 Å². The molecule has 0 bridgehead atoms. The Morgan fingerprint density at radius 2 is 1.76 bits per heavy atom. The molecule has 2 aromatic carbocycles. The molecule has 0 spiro atoms. The lowest BCUT2D eigenvalue weighted by molar-refractivity contribution is -0.122. The highest BCUT2D eigenvalue weighted by atomic mass is 31.1. The second kappa shape index (κ2) is 6.98. The molecule has 148 valence electrons. The Balaban J connectivity index is 2.01. The molecule has 0 saturated carbocycles. The van der Waals surface area contributed by atoms with Gasteiger partial charge in [-0.1, -0.05) is 6.07 Å². The Kier molecular flexibility index (Phi) is 4.94. The zero-order valence-corrected chi connectivity index (χ0v) is 17.4. The highest BCUT2D eigenvalue weighted by molar-refractivity contribution is 7.33. The van der Waals surface area contributed by atoms with Gasteiger partial charge in [0.25, 0.3) is 5.91 Å². The number of nitrogens with zero attached hydrogens (tertiary/aromatic N) is 2. The number of carbonyl (C=O) groups is 2. The molecule has 3 rings (SSSR count). The molecule has 0 aliphatic carbocycles. The summed E-state index contributed by atoms with van der Waals surface area (Å²) in [5, 5.41) is 10.2. The molecule has 2 amide bonds. The van der Waals surface area contributed by atoms with Gasteiger partial charge in [-0.2, -0.15) is 5.26 Å². The van der Waals surface area contributed by atoms with E-state index in [0.717, 1.165) is 0 Å². The van der Waals surface area contributed by atoms with Crippen LogP contribution in [0.1, 0.15) is 49.2 Å². The molecule has 1 aliphatic heterocycles. The lowest BCUT2D eigenvalue weighted by Gasteiger charge is -2.30. The number of carbonyl (C=O) groups excluding carboxylic acids is 2. The quantitative estimate of drug-likeness (QED) is 0.756. The predicted molar refractivity (Wildman–Crippen MR) is 108 cm³/mol. The predicted octanol–water partition coefficient (Wildman–Crippen LogP) is 4.34. The van der Waals surface area contributed by atoms with Crippen molar-refractivity contribution in [3.8, 4) is 6.07 Å². The van der Waals surface area contributed by atoms with Crippen LogP contribution in [0, 0.1) is 11.3 Å². The zero-order valence-electron chi connectivity index (χ0n) is 16.5. The van der Waals surface area contributed by atoms with E-state index in [9.17, 15) is 18.7 Å². The third kappa shape index (κ3) is 3.37. The molecule has 0 unspecified atom stereocenters. The fourth-order valence-electron chi connectivity index (χ4n) is 3.35. The lowest BCUT2D eigenvalue weighted by atomic mass is 9.86. The number of nitriles is 1. The number of amides is 2. The third-order valence-electron chi connectivity index (χ3n) is 5.18. The van der Waals surface area contributed by atoms with Crippen molar-refractivity contribution in [2.45, 2.75) is 38.4 Å². The summed E-state index contributed by atoms with van der Waals surface area (Å²) < 4.78 is 23.7. The van der Waals surface area contributed by atoms with E-state index in [2.05, 4.69) is 5.32 Å². The van der Waals surface area contributed by atoms with Gasteiger partial charge in [-0.3, -0.25) is 14.5 Å². The minimum atomic E-state index is -2.94. The molecule has 1 aliphatic rings. The standard InChI is InChI=1S/C21H20N3O4P/c1-20(2)16-10-7-14(18(25)23-15-8-5-13(12-22)6-9-15)11-17(16)24(19(20)26)21(3,4)29(27)28/h5-11H,1-4H3,(H,23,25). The van der Waals surface area contributed by atoms with E-state index < -0.39 is 24.3 Å². The van der Waals surface area contributed by atoms with Crippen molar-refractivity contribution in [2.75, 3.05) is 10.2 Å². The van der Waals surface area contributed by atoms with Gasteiger partial charge in [0.1, 0.15) is 0 Å². The fraction of sp³-hybridized carbons (Fsp3) is 0.286. The van der Waals surface area contributed by atoms with E-state index in [1.807, 2.05) is 6.07 Å². The van der Waals surface area contributed by atoms with Gasteiger partial charge >= 0.3 is 7.68 Å². The van der Waals surface area contributed by atoms with Gasteiger partial charge in [-0.25, -0.2) is 9.13 Å². The van der Waals surface area contributed by atoms with Gasteiger partial charge in [0.15, 0.2) is 5.28 Å². The molecular weight excluding hydrogens is 389 g/mol. The molecule has 0 radical (unpaired) electrons. The molecule has 0 fully saturated rings. The van der Waals surface area contributed by atoms with E-state index in [0.29, 0.717) is 28.1 Å². The highest BCUT2D eigenvalue weighted by Gasteiger charge is 2.51. The van der Waals surface area contributed by atoms with E-state index in [-0.39, 0.29) is 5.91 Å². The fourth-order valence-corrected chi connectivity index (χ4v) is 3.71. The minimum absolute atomic E-state index is 0.292. The van der Waals surface area contributed by atoms with Crippen LogP contribution in [-0.4, -0.2) is 17.1 Å². The summed E-state index contributed by atoms with van der Waals surface area (Å²) >= 11 is 0. The van der Waals surface area contributed by atoms with Crippen molar-refractivity contribution in [1.82, 2.24) is 0 Å². The Bertz CT molecular complexity index is 1120. The van der Waals surface area contributed by atoms with Gasteiger partial charge < -0.3 is 5.32 Å². The Morgan fingerprint density at radius 3 is 2.31 bits per heavy atom. The van der Waals surface area contributed by atoms with E-state index >= 15 is 0 Å². The SMILES string of the molecule is CC1(C)C(=O)N(C(C)(C)P(=O)=O)c2cc(C(=O)Nc3ccc(C#N)cc3)ccc21. The highest BCUT2D eigenvalue weighted by Crippen LogP contribution is 2.48. The van der Waals surface area contributed by atoms with Crippen LogP contribution in [-0.2, 0) is 19.3 Å². The van der Waals surface area contributed by atoms with E-state index in [1.165, 1.54) is 18.7 Å². The maximum Gasteiger partial charge on any atom is 0.341 e. The molecule has 0 saturated heterocycles. The van der Waals surface area contributed by atoms with Crippen LogP contribution in [0.4, 0.5) is 11.4 Å². The lowest BCUT2D eigenvalue weighted by Crippen LogP contribution is -2.46. The first-order valence-electron chi connectivity index (χ1n) is 8.95. The number of rotatable bonds is 4. The summed E-state index contributed by atoms with van der Waals surface area (Å²) in [5.41, 5.74) is 1.47. The number of hydrogen-bond acceptors (Lipinski definition) is 5. The van der Waals surface area contributed by atoms with Crippen LogP contribution in [0.3, 0.4) is 0 Å². The summed E-state index contributed by atoms with van der Waals surface area (Å²) in [4.78, 5) is 27.0. The van der Waals surface area contributed by atoms with Crippen molar-refractivity contribution in [2.24, 2.45) is 0 Å². The maximum absolute atomic E-state index is 13.0. The second-order valence-electron chi connectivity index (χ2n) is 7.89. The topological polar surface area (TPSA) is 107 Å². The van der Waals surface area contributed by atoms with E-state index in [1.54, 1.807) is 56.3 Å². The van der Waals surface area contributed by atoms with Crippen molar-refractivity contribution in [3.05, 3.63) is 59.2 Å². The van der Waals surface area contributed by atoms with Gasteiger partial charge in [0.2, 0.25) is 5.91 Å². The number of fused-ring (bicyclic) bond motifs is 1. The van der Waals surface area contributed by atoms with Crippen LogP contribution in [0.2, 0.25) is 0 Å². The smallest absolute Gasteiger partial charge is 0.322 e. The van der Waals surface area contributed by atoms with Gasteiger partial charge in [0, 0.05) is 11.3 Å². The van der Waals surface area contributed by atoms with Crippen molar-refractivity contribution >= 4 is 30.9 Å². The van der Waals surface area contributed by atoms with Crippen LogP contribution in [0.5, 0.6) is 0 Å². The van der Waals surface area contributed by atoms with Gasteiger partial charge in [-0.15, -0.1) is 0 Å². The largest absolute Gasteiger partial charge is 0.341 e. The Morgan fingerprint density at radius 1 is 1.14 bits per heavy atom. The van der Waals surface area contributed by atoms with Gasteiger partial charge in [-0.05, 0) is 69.7 Å². The second-order valence-corrected chi connectivity index (χ2v) is 9.50. The molecule has 8 heteroatoms. The normalized spacial score (nSPS) is 14.9. The van der Waals surface area contributed by atoms with Crippen LogP contribution < -0.4 is 10.2 Å². The number of nitrogens with one attached hydrogen (secondary N) is 1. The number of hydrogen-bond donors (Lipinski definition) is 1. The molecular formula is C21H20N3O4P. The summed E-state index contributed by atoms with van der Waals surface area (Å²) in [6.45, 7) is 6.40. The summed E-state index contributed by atoms with van der Waals surface area (Å²) in [5.74, 6) is -0.736. The molecule has 0 aromatic heterocycles. The molecule has 1 N–H and O–H groups in total. The Hall–Kier alpha value is -3.23. The first-order valence-corrected chi connectivity index (χ1v) is 10.1. The monoisotopic (exact) mass is 409 g/mol. The number of benzene rings is 2. The van der Waals surface area contributed by atoms with Gasteiger partial charge in [0.05, 0.1) is 22.7 Å². The average Bonchev–Trinajstić information content (AvgIpc) is 2.88. The van der Waals surface area contributed by atoms with Crippen LogP contribution in [0.15, 0.2) is 42.5 Å². The molecule has 0 atom stereocenters. The van der Waals surface area contributed by atoms with Crippen LogP contribution in [0.25, 0.3) is 0 Å². The summed E-state index contributed by atoms with van der Waals surface area (Å²) in [6.07, 6.45) is 0. The molecule has 7 nitrogen and oxygen atoms in total. The third-order valence-corrected chi connectivity index (χ3v) is 6.27. The average molecular weight is 409 g/mol. The summed E-state index contributed by atoms with van der Waals surface area (Å²) in [7, 11) is -2.94. The minimum Gasteiger partial charge on any atom is -0.322 e.